The molecule has 0 aliphatic carbocycles. The van der Waals surface area contributed by atoms with Crippen LogP contribution in [0.25, 0.3) is 0 Å². The molecular formula is C31H36N2O6S. The number of hydrogen-bond donors (Lipinski definition) is 1. The molecule has 0 aromatic heterocycles. The molecule has 1 amide bonds. The zero-order valence-electron chi connectivity index (χ0n) is 23.1. The van der Waals surface area contributed by atoms with Gasteiger partial charge in [0.1, 0.15) is 16.7 Å². The number of fused-ring (bicyclic) bond motifs is 1. The van der Waals surface area contributed by atoms with E-state index in [4.69, 9.17) is 4.74 Å². The highest BCUT2D eigenvalue weighted by Crippen LogP contribution is 2.33. The van der Waals surface area contributed by atoms with E-state index in [-0.39, 0.29) is 42.8 Å². The molecule has 40 heavy (non-hydrogen) atoms. The predicted molar refractivity (Wildman–Crippen MR) is 152 cm³/mol. The fourth-order valence-electron chi connectivity index (χ4n) is 5.03. The number of rotatable bonds is 10. The van der Waals surface area contributed by atoms with E-state index in [1.165, 1.54) is 4.31 Å². The Labute approximate surface area is 236 Å². The van der Waals surface area contributed by atoms with E-state index in [0.717, 1.165) is 22.3 Å². The van der Waals surface area contributed by atoms with Crippen LogP contribution in [-0.2, 0) is 32.7 Å². The molecule has 0 spiro atoms. The molecule has 1 heterocycles. The van der Waals surface area contributed by atoms with Crippen LogP contribution in [-0.4, -0.2) is 54.3 Å². The summed E-state index contributed by atoms with van der Waals surface area (Å²) >= 11 is 0. The SMILES string of the molecule is Cc1ccc(C(CCC(=O)N(C)Cc2ccccc2)CC(=O)O)cc1CN1C[C@H](C)Oc2ccccc2S1(=O)=O. The first-order chi connectivity index (χ1) is 19.0. The normalized spacial score (nSPS) is 17.2. The molecule has 2 atom stereocenters. The van der Waals surface area contributed by atoms with Crippen molar-refractivity contribution in [2.45, 2.75) is 63.1 Å². The van der Waals surface area contributed by atoms with E-state index < -0.39 is 21.9 Å². The molecule has 0 saturated carbocycles. The minimum atomic E-state index is -3.81. The van der Waals surface area contributed by atoms with Gasteiger partial charge in [-0.3, -0.25) is 9.59 Å². The second kappa shape index (κ2) is 12.7. The van der Waals surface area contributed by atoms with E-state index in [9.17, 15) is 23.1 Å². The number of hydrogen-bond acceptors (Lipinski definition) is 5. The minimum absolute atomic E-state index is 0.0603. The van der Waals surface area contributed by atoms with E-state index in [1.54, 1.807) is 36.2 Å². The highest BCUT2D eigenvalue weighted by molar-refractivity contribution is 7.89. The molecule has 3 aromatic carbocycles. The summed E-state index contributed by atoms with van der Waals surface area (Å²) in [6, 6.07) is 22.0. The third-order valence-corrected chi connectivity index (χ3v) is 9.11. The summed E-state index contributed by atoms with van der Waals surface area (Å²) in [6.45, 7) is 4.53. The molecule has 4 rings (SSSR count). The number of ether oxygens (including phenoxy) is 1. The largest absolute Gasteiger partial charge is 0.488 e. The van der Waals surface area contributed by atoms with Gasteiger partial charge in [-0.1, -0.05) is 60.7 Å². The quantitative estimate of drug-likeness (QED) is 0.373. The van der Waals surface area contributed by atoms with Crippen molar-refractivity contribution in [1.82, 2.24) is 9.21 Å². The number of aliphatic carboxylic acids is 1. The summed E-state index contributed by atoms with van der Waals surface area (Å²) in [4.78, 5) is 26.4. The Bertz CT molecular complexity index is 1460. The first-order valence-electron chi connectivity index (χ1n) is 13.4. The smallest absolute Gasteiger partial charge is 0.303 e. The number of para-hydroxylation sites is 1. The third kappa shape index (κ3) is 7.08. The van der Waals surface area contributed by atoms with Gasteiger partial charge < -0.3 is 14.7 Å². The van der Waals surface area contributed by atoms with Crippen molar-refractivity contribution in [2.75, 3.05) is 13.6 Å². The monoisotopic (exact) mass is 564 g/mol. The number of carbonyl (C=O) groups is 2. The average Bonchev–Trinajstić information content (AvgIpc) is 3.01. The summed E-state index contributed by atoms with van der Waals surface area (Å²) < 4.78 is 34.4. The van der Waals surface area contributed by atoms with E-state index in [2.05, 4.69) is 0 Å². The minimum Gasteiger partial charge on any atom is -0.488 e. The lowest BCUT2D eigenvalue weighted by atomic mass is 9.89. The van der Waals surface area contributed by atoms with Gasteiger partial charge in [0.2, 0.25) is 15.9 Å². The molecular weight excluding hydrogens is 528 g/mol. The van der Waals surface area contributed by atoms with Crippen molar-refractivity contribution in [3.05, 3.63) is 95.1 Å². The van der Waals surface area contributed by atoms with Gasteiger partial charge in [0.15, 0.2) is 0 Å². The Balaban J connectivity index is 1.53. The zero-order chi connectivity index (χ0) is 28.9. The van der Waals surface area contributed by atoms with Crippen LogP contribution in [0.3, 0.4) is 0 Å². The van der Waals surface area contributed by atoms with Crippen molar-refractivity contribution < 1.29 is 27.9 Å². The summed E-state index contributed by atoms with van der Waals surface area (Å²) in [5, 5.41) is 9.62. The topological polar surface area (TPSA) is 104 Å². The van der Waals surface area contributed by atoms with Gasteiger partial charge in [-0.2, -0.15) is 4.31 Å². The van der Waals surface area contributed by atoms with Crippen molar-refractivity contribution in [1.29, 1.82) is 0 Å². The van der Waals surface area contributed by atoms with E-state index >= 15 is 0 Å². The molecule has 9 heteroatoms. The van der Waals surface area contributed by atoms with Crippen LogP contribution < -0.4 is 4.74 Å². The molecule has 1 N–H and O–H groups in total. The molecule has 0 fully saturated rings. The highest BCUT2D eigenvalue weighted by Gasteiger charge is 2.33. The van der Waals surface area contributed by atoms with Gasteiger partial charge >= 0.3 is 5.97 Å². The fourth-order valence-corrected chi connectivity index (χ4v) is 6.64. The summed E-state index contributed by atoms with van der Waals surface area (Å²) in [6.07, 6.45) is 0.0998. The Hall–Kier alpha value is -3.69. The first kappa shape index (κ1) is 29.3. The number of carboxylic acid groups (broad SMARTS) is 1. The Morgan fingerprint density at radius 2 is 1.77 bits per heavy atom. The molecule has 1 unspecified atom stereocenters. The molecule has 212 valence electrons. The van der Waals surface area contributed by atoms with Crippen LogP contribution in [0.4, 0.5) is 0 Å². The lowest BCUT2D eigenvalue weighted by molar-refractivity contribution is -0.138. The van der Waals surface area contributed by atoms with Gasteiger partial charge in [-0.15, -0.1) is 0 Å². The Kier molecular flexibility index (Phi) is 9.27. The lowest BCUT2D eigenvalue weighted by Gasteiger charge is -2.24. The third-order valence-electron chi connectivity index (χ3n) is 7.26. The number of sulfonamides is 1. The highest BCUT2D eigenvalue weighted by atomic mass is 32.2. The van der Waals surface area contributed by atoms with Crippen LogP contribution in [0.15, 0.2) is 77.7 Å². The van der Waals surface area contributed by atoms with Crippen molar-refractivity contribution >= 4 is 21.9 Å². The van der Waals surface area contributed by atoms with Gasteiger partial charge in [0.25, 0.3) is 0 Å². The van der Waals surface area contributed by atoms with Crippen LogP contribution in [0.2, 0.25) is 0 Å². The molecule has 8 nitrogen and oxygen atoms in total. The first-order valence-corrected chi connectivity index (χ1v) is 14.8. The van der Waals surface area contributed by atoms with Gasteiger partial charge in [0, 0.05) is 26.6 Å². The lowest BCUT2D eigenvalue weighted by Crippen LogP contribution is -2.35. The van der Waals surface area contributed by atoms with Gasteiger partial charge in [0.05, 0.1) is 13.0 Å². The number of carbonyl (C=O) groups excluding carboxylic acids is 1. The van der Waals surface area contributed by atoms with E-state index in [1.807, 2.05) is 62.4 Å². The molecule has 3 aromatic rings. The molecule has 0 saturated heterocycles. The predicted octanol–water partition coefficient (Wildman–Crippen LogP) is 4.96. The number of benzene rings is 3. The number of amides is 1. The maximum Gasteiger partial charge on any atom is 0.303 e. The maximum atomic E-state index is 13.5. The molecule has 0 bridgehead atoms. The van der Waals surface area contributed by atoms with Crippen LogP contribution >= 0.6 is 0 Å². The fraction of sp³-hybridized carbons (Fsp3) is 0.355. The molecule has 0 radical (unpaired) electrons. The maximum absolute atomic E-state index is 13.5. The number of nitrogens with zero attached hydrogens (tertiary/aromatic N) is 2. The van der Waals surface area contributed by atoms with Crippen LogP contribution in [0.5, 0.6) is 5.75 Å². The second-order valence-electron chi connectivity index (χ2n) is 10.4. The second-order valence-corrected chi connectivity index (χ2v) is 12.3. The number of carboxylic acids is 1. The Morgan fingerprint density at radius 1 is 1.07 bits per heavy atom. The van der Waals surface area contributed by atoms with Crippen molar-refractivity contribution in [3.63, 3.8) is 0 Å². The van der Waals surface area contributed by atoms with Crippen molar-refractivity contribution in [3.8, 4) is 5.75 Å². The van der Waals surface area contributed by atoms with Crippen LogP contribution in [0, 0.1) is 6.92 Å². The molecule has 1 aliphatic rings. The van der Waals surface area contributed by atoms with Gasteiger partial charge in [-0.25, -0.2) is 8.42 Å². The van der Waals surface area contributed by atoms with Crippen molar-refractivity contribution in [2.24, 2.45) is 0 Å². The van der Waals surface area contributed by atoms with Crippen LogP contribution in [0.1, 0.15) is 54.4 Å². The summed E-state index contributed by atoms with van der Waals surface area (Å²) in [5.74, 6) is -1.06. The Morgan fingerprint density at radius 3 is 2.50 bits per heavy atom. The summed E-state index contributed by atoms with van der Waals surface area (Å²) in [5.41, 5.74) is 3.49. The molecule has 1 aliphatic heterocycles. The standard InChI is InChI=1S/C31H36N2O6S/c1-22-13-14-25(26(18-31(35)36)15-16-30(34)32(3)20-24-9-5-4-6-10-24)17-27(22)21-33-19-23(2)39-28-11-7-8-12-29(28)40(33,37)38/h4-14,17,23,26H,15-16,18-21H2,1-3H3,(H,35,36)/t23-,26?/m0/s1. The zero-order valence-corrected chi connectivity index (χ0v) is 23.9. The average molecular weight is 565 g/mol. The summed E-state index contributed by atoms with van der Waals surface area (Å²) in [7, 11) is -2.07. The number of aryl methyl sites for hydroxylation is 1. The van der Waals surface area contributed by atoms with Gasteiger partial charge in [-0.05, 0) is 60.6 Å². The van der Waals surface area contributed by atoms with E-state index in [0.29, 0.717) is 18.7 Å².